The highest BCUT2D eigenvalue weighted by atomic mass is 35.5. The van der Waals surface area contributed by atoms with Crippen molar-refractivity contribution in [2.75, 3.05) is 31.1 Å². The highest BCUT2D eigenvalue weighted by Gasteiger charge is 2.37. The number of anilines is 1. The Balaban J connectivity index is 1.22. The zero-order chi connectivity index (χ0) is 23.9. The van der Waals surface area contributed by atoms with E-state index in [4.69, 9.17) is 16.6 Å². The summed E-state index contributed by atoms with van der Waals surface area (Å²) in [6.07, 6.45) is 1.14. The number of amides is 1. The third-order valence-corrected chi connectivity index (χ3v) is 8.34. The molecule has 2 bridgehead atoms. The van der Waals surface area contributed by atoms with Gasteiger partial charge in [-0.3, -0.25) is 4.79 Å². The molecule has 3 aromatic carbocycles. The van der Waals surface area contributed by atoms with Crippen LogP contribution in [0.4, 0.5) is 9.52 Å². The van der Waals surface area contributed by atoms with Gasteiger partial charge in [0.2, 0.25) is 0 Å². The molecule has 2 aliphatic heterocycles. The molecule has 2 aliphatic rings. The molecule has 2 atom stereocenters. The fraction of sp³-hybridized carbons (Fsp3) is 0.286. The van der Waals surface area contributed by atoms with Crippen molar-refractivity contribution in [1.82, 2.24) is 9.88 Å². The van der Waals surface area contributed by atoms with Gasteiger partial charge in [-0.05, 0) is 65.3 Å². The highest BCUT2D eigenvalue weighted by molar-refractivity contribution is 7.22. The van der Waals surface area contributed by atoms with E-state index >= 15 is 0 Å². The lowest BCUT2D eigenvalue weighted by molar-refractivity contribution is 0.0565. The van der Waals surface area contributed by atoms with E-state index in [0.29, 0.717) is 23.0 Å². The number of hydrogen-bond donors (Lipinski definition) is 0. The van der Waals surface area contributed by atoms with Gasteiger partial charge in [0, 0.05) is 36.8 Å². The van der Waals surface area contributed by atoms with Gasteiger partial charge in [0.15, 0.2) is 5.13 Å². The van der Waals surface area contributed by atoms with Gasteiger partial charge >= 0.3 is 0 Å². The Morgan fingerprint density at radius 3 is 2.60 bits per heavy atom. The average molecular weight is 506 g/mol. The van der Waals surface area contributed by atoms with Crippen LogP contribution in [0.1, 0.15) is 22.3 Å². The number of nitrogens with zero attached hydrogens (tertiary/aromatic N) is 3. The minimum Gasteiger partial charge on any atom is -0.347 e. The maximum atomic E-state index is 13.7. The van der Waals surface area contributed by atoms with Crippen LogP contribution in [-0.2, 0) is 6.67 Å². The number of alkyl halides is 1. The van der Waals surface area contributed by atoms with Crippen LogP contribution < -0.4 is 4.90 Å². The van der Waals surface area contributed by atoms with Crippen molar-refractivity contribution >= 4 is 44.2 Å². The number of halogens is 2. The predicted octanol–water partition coefficient (Wildman–Crippen LogP) is 6.68. The molecule has 0 aliphatic carbocycles. The first kappa shape index (κ1) is 22.5. The molecule has 0 N–H and O–H groups in total. The molecule has 2 unspecified atom stereocenters. The van der Waals surface area contributed by atoms with Crippen molar-refractivity contribution in [3.05, 3.63) is 82.9 Å². The standard InChI is InChI=1S/C28H25ClFN3OS/c29-22-8-9-25-26(12-22)35-28(31-25)33-16-19-10-20(17-33)15-32(14-19)27(34)24-7-2-1-6-23(24)21-5-3-4-18(11-21)13-30/h1-9,11-12,19-20H,10,13-17H2. The Morgan fingerprint density at radius 1 is 1.00 bits per heavy atom. The van der Waals surface area contributed by atoms with Gasteiger partial charge < -0.3 is 9.80 Å². The van der Waals surface area contributed by atoms with Crippen LogP contribution in [0, 0.1) is 11.8 Å². The summed E-state index contributed by atoms with van der Waals surface area (Å²) >= 11 is 7.85. The quantitative estimate of drug-likeness (QED) is 0.310. The minimum absolute atomic E-state index is 0.0593. The minimum atomic E-state index is -0.516. The Kier molecular flexibility index (Phi) is 5.94. The lowest BCUT2D eigenvalue weighted by atomic mass is 9.84. The zero-order valence-corrected chi connectivity index (χ0v) is 20.7. The summed E-state index contributed by atoms with van der Waals surface area (Å²) in [5, 5.41) is 1.77. The summed E-state index contributed by atoms with van der Waals surface area (Å²) in [6, 6.07) is 20.9. The molecule has 0 radical (unpaired) electrons. The number of carbonyl (C=O) groups excluding carboxylic acids is 1. The number of benzene rings is 3. The van der Waals surface area contributed by atoms with Crippen LogP contribution in [0.25, 0.3) is 21.3 Å². The lowest BCUT2D eigenvalue weighted by Gasteiger charge is -2.45. The number of likely N-dealkylation sites (tertiary alicyclic amines) is 1. The highest BCUT2D eigenvalue weighted by Crippen LogP contribution is 2.37. The van der Waals surface area contributed by atoms with Gasteiger partial charge in [-0.25, -0.2) is 9.37 Å². The van der Waals surface area contributed by atoms with Crippen LogP contribution in [0.5, 0.6) is 0 Å². The van der Waals surface area contributed by atoms with E-state index in [0.717, 1.165) is 64.1 Å². The third-order valence-electron chi connectivity index (χ3n) is 7.03. The molecule has 2 saturated heterocycles. The molecule has 0 saturated carbocycles. The summed E-state index contributed by atoms with van der Waals surface area (Å²) in [5.74, 6) is 0.872. The second kappa shape index (κ2) is 9.25. The smallest absolute Gasteiger partial charge is 0.254 e. The van der Waals surface area contributed by atoms with Crippen LogP contribution in [-0.4, -0.2) is 42.0 Å². The van der Waals surface area contributed by atoms with E-state index in [1.54, 1.807) is 17.4 Å². The van der Waals surface area contributed by atoms with Gasteiger partial charge in [0.05, 0.1) is 10.2 Å². The monoisotopic (exact) mass is 505 g/mol. The summed E-state index contributed by atoms with van der Waals surface area (Å²) in [6.45, 7) is 2.75. The van der Waals surface area contributed by atoms with Crippen LogP contribution >= 0.6 is 22.9 Å². The Bertz CT molecular complexity index is 1390. The molecule has 0 spiro atoms. The summed E-state index contributed by atoms with van der Waals surface area (Å²) in [4.78, 5) is 22.9. The second-order valence-electron chi connectivity index (χ2n) is 9.57. The van der Waals surface area contributed by atoms with Gasteiger partial charge in [0.1, 0.15) is 6.67 Å². The van der Waals surface area contributed by atoms with E-state index in [1.165, 1.54) is 0 Å². The maximum absolute atomic E-state index is 13.7. The van der Waals surface area contributed by atoms with Crippen molar-refractivity contribution in [3.8, 4) is 11.1 Å². The second-order valence-corrected chi connectivity index (χ2v) is 11.0. The molecule has 1 amide bonds. The molecule has 3 heterocycles. The maximum Gasteiger partial charge on any atom is 0.254 e. The number of aromatic nitrogens is 1. The first-order chi connectivity index (χ1) is 17.1. The summed E-state index contributed by atoms with van der Waals surface area (Å²) in [7, 11) is 0. The van der Waals surface area contributed by atoms with Gasteiger partial charge in [-0.15, -0.1) is 0 Å². The molecular weight excluding hydrogens is 481 g/mol. The van der Waals surface area contributed by atoms with E-state index in [2.05, 4.69) is 4.90 Å². The van der Waals surface area contributed by atoms with Gasteiger partial charge in [-0.2, -0.15) is 0 Å². The Labute approximate surface area is 213 Å². The SMILES string of the molecule is O=C(c1ccccc1-c1cccc(CF)c1)N1CC2CC(C1)CN(c1nc3ccc(Cl)cc3s1)C2. The molecule has 6 rings (SSSR count). The van der Waals surface area contributed by atoms with Crippen molar-refractivity contribution in [1.29, 1.82) is 0 Å². The molecule has 1 aromatic heterocycles. The number of carbonyl (C=O) groups is 1. The van der Waals surface area contributed by atoms with Gasteiger partial charge in [-0.1, -0.05) is 59.3 Å². The topological polar surface area (TPSA) is 36.4 Å². The van der Waals surface area contributed by atoms with Crippen LogP contribution in [0.15, 0.2) is 66.7 Å². The van der Waals surface area contributed by atoms with Crippen LogP contribution in [0.2, 0.25) is 5.02 Å². The summed E-state index contributed by atoms with van der Waals surface area (Å²) in [5.41, 5.74) is 4.02. The normalized spacial score (nSPS) is 19.8. The first-order valence-corrected chi connectivity index (χ1v) is 13.1. The Morgan fingerprint density at radius 2 is 1.80 bits per heavy atom. The predicted molar refractivity (Wildman–Crippen MR) is 141 cm³/mol. The molecule has 7 heteroatoms. The first-order valence-electron chi connectivity index (χ1n) is 11.9. The van der Waals surface area contributed by atoms with Crippen molar-refractivity contribution in [2.24, 2.45) is 11.8 Å². The molecule has 4 aromatic rings. The van der Waals surface area contributed by atoms with E-state index in [9.17, 15) is 9.18 Å². The Hall–Kier alpha value is -2.96. The van der Waals surface area contributed by atoms with Crippen molar-refractivity contribution in [2.45, 2.75) is 13.1 Å². The lowest BCUT2D eigenvalue weighted by Crippen LogP contribution is -2.54. The number of thiazole rings is 1. The number of fused-ring (bicyclic) bond motifs is 3. The third kappa shape index (κ3) is 4.41. The molecule has 2 fully saturated rings. The van der Waals surface area contributed by atoms with Crippen molar-refractivity contribution in [3.63, 3.8) is 0 Å². The van der Waals surface area contributed by atoms with Crippen LogP contribution in [0.3, 0.4) is 0 Å². The molecule has 35 heavy (non-hydrogen) atoms. The van der Waals surface area contributed by atoms with Crippen molar-refractivity contribution < 1.29 is 9.18 Å². The fourth-order valence-corrected chi connectivity index (χ4v) is 6.80. The average Bonchev–Trinajstić information content (AvgIpc) is 3.31. The van der Waals surface area contributed by atoms with Gasteiger partial charge in [0.25, 0.3) is 5.91 Å². The molecule has 4 nitrogen and oxygen atoms in total. The molecule has 178 valence electrons. The zero-order valence-electron chi connectivity index (χ0n) is 19.2. The molecular formula is C28H25ClFN3OS. The number of rotatable bonds is 4. The number of hydrogen-bond acceptors (Lipinski definition) is 4. The number of piperidine rings is 2. The van der Waals surface area contributed by atoms with E-state index in [-0.39, 0.29) is 5.91 Å². The summed E-state index contributed by atoms with van der Waals surface area (Å²) < 4.78 is 14.4. The fourth-order valence-electron chi connectivity index (χ4n) is 5.54. The van der Waals surface area contributed by atoms with E-state index in [1.807, 2.05) is 65.6 Å². The largest absolute Gasteiger partial charge is 0.347 e. The van der Waals surface area contributed by atoms with E-state index < -0.39 is 6.67 Å².